The van der Waals surface area contributed by atoms with Crippen LogP contribution in [-0.4, -0.2) is 4.57 Å². The van der Waals surface area contributed by atoms with Crippen molar-refractivity contribution in [3.63, 3.8) is 0 Å². The summed E-state index contributed by atoms with van der Waals surface area (Å²) < 4.78 is 2.44. The zero-order valence-corrected chi connectivity index (χ0v) is 30.9. The van der Waals surface area contributed by atoms with Crippen molar-refractivity contribution in [2.24, 2.45) is 23.7 Å². The Morgan fingerprint density at radius 2 is 0.873 bits per heavy atom. The van der Waals surface area contributed by atoms with E-state index in [0.29, 0.717) is 0 Å². The first-order valence-corrected chi connectivity index (χ1v) is 20.5. The third-order valence-electron chi connectivity index (χ3n) is 14.7. The van der Waals surface area contributed by atoms with Crippen molar-refractivity contribution in [2.45, 2.75) is 37.5 Å². The monoisotopic (exact) mass is 703 g/mol. The van der Waals surface area contributed by atoms with Gasteiger partial charge in [0.05, 0.1) is 11.0 Å². The lowest BCUT2D eigenvalue weighted by Gasteiger charge is -2.61. The summed E-state index contributed by atoms with van der Waals surface area (Å²) in [5.74, 6) is 3.36. The van der Waals surface area contributed by atoms with Crippen LogP contribution in [0.25, 0.3) is 82.4 Å². The van der Waals surface area contributed by atoms with Crippen molar-refractivity contribution in [1.29, 1.82) is 0 Å². The Kier molecular flexibility index (Phi) is 6.13. The van der Waals surface area contributed by atoms with Crippen molar-refractivity contribution >= 4 is 43.4 Å². The molecule has 0 atom stereocenters. The van der Waals surface area contributed by atoms with E-state index in [1.54, 1.807) is 11.1 Å². The highest BCUT2D eigenvalue weighted by Gasteiger charge is 2.61. The predicted octanol–water partition coefficient (Wildman–Crippen LogP) is 14.1. The largest absolute Gasteiger partial charge is 0.309 e. The Labute approximate surface area is 321 Å². The minimum Gasteiger partial charge on any atom is -0.309 e. The maximum Gasteiger partial charge on any atom is 0.0541 e. The van der Waals surface area contributed by atoms with Gasteiger partial charge in [0.25, 0.3) is 0 Å². The van der Waals surface area contributed by atoms with E-state index in [9.17, 15) is 0 Å². The molecule has 0 unspecified atom stereocenters. The Morgan fingerprint density at radius 3 is 1.47 bits per heavy atom. The van der Waals surface area contributed by atoms with Gasteiger partial charge in [-0.3, -0.25) is 0 Å². The highest BCUT2D eigenvalue weighted by atomic mass is 15.0. The van der Waals surface area contributed by atoms with Gasteiger partial charge in [0.1, 0.15) is 0 Å². The van der Waals surface area contributed by atoms with Gasteiger partial charge in [-0.15, -0.1) is 0 Å². The second-order valence-electron chi connectivity index (χ2n) is 17.2. The summed E-state index contributed by atoms with van der Waals surface area (Å²) in [5.41, 5.74) is 15.3. The average Bonchev–Trinajstić information content (AvgIpc) is 3.72. The average molecular weight is 704 g/mol. The molecule has 4 fully saturated rings. The number of aromatic nitrogens is 1. The highest BCUT2D eigenvalue weighted by molar-refractivity contribution is 6.21. The van der Waals surface area contributed by atoms with E-state index in [1.165, 1.54) is 115 Å². The van der Waals surface area contributed by atoms with Gasteiger partial charge in [0.2, 0.25) is 0 Å². The predicted molar refractivity (Wildman–Crippen MR) is 230 cm³/mol. The van der Waals surface area contributed by atoms with E-state index < -0.39 is 0 Å². The second kappa shape index (κ2) is 11.1. The molecule has 0 saturated heterocycles. The molecule has 0 amide bonds. The number of para-hydroxylation sites is 2. The molecule has 0 aliphatic heterocycles. The lowest BCUT2D eigenvalue weighted by molar-refractivity contribution is -0.0399. The first-order valence-electron chi connectivity index (χ1n) is 20.5. The topological polar surface area (TPSA) is 4.93 Å². The van der Waals surface area contributed by atoms with Crippen LogP contribution in [0.15, 0.2) is 164 Å². The molecule has 1 nitrogen and oxygen atoms in total. The number of fused-ring (bicyclic) bond motifs is 8. The van der Waals surface area contributed by atoms with Crippen molar-refractivity contribution in [2.75, 3.05) is 0 Å². The maximum atomic E-state index is 2.67. The molecule has 1 heteroatoms. The van der Waals surface area contributed by atoms with E-state index in [1.807, 2.05) is 0 Å². The van der Waals surface area contributed by atoms with E-state index in [0.717, 1.165) is 23.7 Å². The first kappa shape index (κ1) is 30.4. The van der Waals surface area contributed by atoms with E-state index >= 15 is 0 Å². The molecule has 4 bridgehead atoms. The number of hydrogen-bond acceptors (Lipinski definition) is 0. The van der Waals surface area contributed by atoms with Crippen LogP contribution in [-0.2, 0) is 5.41 Å². The quantitative estimate of drug-likeness (QED) is 0.161. The van der Waals surface area contributed by atoms with Gasteiger partial charge in [0.15, 0.2) is 0 Å². The van der Waals surface area contributed by atoms with Crippen LogP contribution in [0.3, 0.4) is 0 Å². The highest BCUT2D eigenvalue weighted by Crippen LogP contribution is 2.69. The molecular weight excluding hydrogens is 663 g/mol. The zero-order valence-electron chi connectivity index (χ0n) is 30.9. The SMILES string of the molecule is c1cc(-c2c3ccccc3c(-c3ccc4c(c3)C3(c5ccccc5-4)C4CC5CC(C4)CC3C5)c3ccccc23)cc(-n2c3ccccc3c3ccccc32)c1. The molecule has 8 aromatic carbocycles. The third kappa shape index (κ3) is 3.98. The zero-order chi connectivity index (χ0) is 35.8. The van der Waals surface area contributed by atoms with Gasteiger partial charge in [-0.25, -0.2) is 0 Å². The molecule has 1 heterocycles. The molecule has 9 aromatic rings. The molecule has 0 radical (unpaired) electrons. The van der Waals surface area contributed by atoms with Crippen LogP contribution < -0.4 is 0 Å². The summed E-state index contributed by atoms with van der Waals surface area (Å²) in [5, 5.41) is 7.85. The van der Waals surface area contributed by atoms with Gasteiger partial charge >= 0.3 is 0 Å². The molecule has 55 heavy (non-hydrogen) atoms. The molecule has 1 aromatic heterocycles. The lowest BCUT2D eigenvalue weighted by atomic mass is 9.43. The van der Waals surface area contributed by atoms with Crippen LogP contribution in [0.1, 0.15) is 43.2 Å². The number of nitrogens with zero attached hydrogens (tertiary/aromatic N) is 1. The standard InChI is InChI=1S/C54H41N/c1-3-19-46-44(17-1)52(35-12-11-13-39(31-35)55-50-22-9-6-15-42(50)43-16-7-10-23-51(43)55)45-18-2-4-20-47(45)53(46)36-24-25-41-40-14-5-8-21-48(40)54(49(41)32-36)37-27-33-26-34(29-37)30-38(54)28-33/h1-25,31-34,37-38H,26-30H2. The first-order chi connectivity index (χ1) is 27.3. The minimum absolute atomic E-state index is 0.147. The fraction of sp³-hybridized carbons (Fsp3) is 0.185. The van der Waals surface area contributed by atoms with Crippen molar-refractivity contribution in [3.05, 3.63) is 175 Å². The Balaban J connectivity index is 1.04. The van der Waals surface area contributed by atoms with E-state index in [-0.39, 0.29) is 5.41 Å². The van der Waals surface area contributed by atoms with Gasteiger partial charge in [-0.05, 0) is 152 Å². The van der Waals surface area contributed by atoms with Crippen LogP contribution >= 0.6 is 0 Å². The van der Waals surface area contributed by atoms with Gasteiger partial charge in [0, 0.05) is 21.9 Å². The molecule has 5 aliphatic carbocycles. The molecule has 14 rings (SSSR count). The summed E-state index contributed by atoms with van der Waals surface area (Å²) in [6.45, 7) is 0. The summed E-state index contributed by atoms with van der Waals surface area (Å²) in [6.07, 6.45) is 7.08. The van der Waals surface area contributed by atoms with Gasteiger partial charge in [-0.1, -0.05) is 133 Å². The van der Waals surface area contributed by atoms with Gasteiger partial charge in [-0.2, -0.15) is 0 Å². The molecule has 1 spiro atoms. The van der Waals surface area contributed by atoms with Crippen molar-refractivity contribution in [1.82, 2.24) is 4.57 Å². The Morgan fingerprint density at radius 1 is 0.382 bits per heavy atom. The summed E-state index contributed by atoms with van der Waals surface area (Å²) >= 11 is 0. The summed E-state index contributed by atoms with van der Waals surface area (Å²) in [6, 6.07) is 62.4. The van der Waals surface area contributed by atoms with Crippen LogP contribution in [0, 0.1) is 23.7 Å². The van der Waals surface area contributed by atoms with Crippen LogP contribution in [0.5, 0.6) is 0 Å². The molecule has 4 saturated carbocycles. The Bertz CT molecular complexity index is 2930. The smallest absolute Gasteiger partial charge is 0.0541 e. The number of benzene rings is 8. The molecule has 5 aliphatic rings. The van der Waals surface area contributed by atoms with E-state index in [2.05, 4.69) is 168 Å². The third-order valence-corrected chi connectivity index (χ3v) is 14.7. The normalized spacial score (nSPS) is 23.3. The van der Waals surface area contributed by atoms with Crippen molar-refractivity contribution in [3.8, 4) is 39.1 Å². The van der Waals surface area contributed by atoms with Crippen LogP contribution in [0.2, 0.25) is 0 Å². The Hall–Kier alpha value is -5.92. The van der Waals surface area contributed by atoms with Crippen LogP contribution in [0.4, 0.5) is 0 Å². The van der Waals surface area contributed by atoms with Crippen molar-refractivity contribution < 1.29 is 0 Å². The molecule has 0 N–H and O–H groups in total. The summed E-state index contributed by atoms with van der Waals surface area (Å²) in [4.78, 5) is 0. The maximum absolute atomic E-state index is 2.67. The molecular formula is C54H41N. The second-order valence-corrected chi connectivity index (χ2v) is 17.2. The number of hydrogen-bond donors (Lipinski definition) is 0. The van der Waals surface area contributed by atoms with E-state index in [4.69, 9.17) is 0 Å². The van der Waals surface area contributed by atoms with Gasteiger partial charge < -0.3 is 4.57 Å². The minimum atomic E-state index is 0.147. The lowest BCUT2D eigenvalue weighted by Crippen LogP contribution is -2.55. The summed E-state index contributed by atoms with van der Waals surface area (Å²) in [7, 11) is 0. The molecule has 262 valence electrons. The fourth-order valence-corrected chi connectivity index (χ4v) is 13.1. The number of rotatable bonds is 3. The fourth-order valence-electron chi connectivity index (χ4n) is 13.1.